The third kappa shape index (κ3) is 2.67. The molecule has 130 valence electrons. The Balaban J connectivity index is 2.19. The number of aryl methyl sites for hydroxylation is 1. The quantitative estimate of drug-likeness (QED) is 0.890. The van der Waals surface area contributed by atoms with Gasteiger partial charge in [0, 0.05) is 11.6 Å². The largest absolute Gasteiger partial charge is 0.478 e. The van der Waals surface area contributed by atoms with E-state index in [1.807, 2.05) is 6.20 Å². The Morgan fingerprint density at radius 2 is 1.92 bits per heavy atom. The summed E-state index contributed by atoms with van der Waals surface area (Å²) in [5.74, 6) is -2.28. The minimum atomic E-state index is -1.12. The van der Waals surface area contributed by atoms with Gasteiger partial charge in [0.1, 0.15) is 6.33 Å². The molecule has 1 atom stereocenters. The molecule has 0 bridgehead atoms. The molecule has 0 radical (unpaired) electrons. The number of rotatable bonds is 3. The zero-order chi connectivity index (χ0) is 18.4. The van der Waals surface area contributed by atoms with Crippen molar-refractivity contribution in [3.8, 4) is 0 Å². The molecule has 6 nitrogen and oxygen atoms in total. The van der Waals surface area contributed by atoms with Crippen LogP contribution in [0.5, 0.6) is 0 Å². The second-order valence-corrected chi connectivity index (χ2v) is 7.02. The number of carboxylic acid groups (broad SMARTS) is 2. The molecule has 0 amide bonds. The van der Waals surface area contributed by atoms with E-state index in [-0.39, 0.29) is 22.5 Å². The number of carbonyl (C=O) groups is 2. The summed E-state index contributed by atoms with van der Waals surface area (Å²) in [6.07, 6.45) is 4.86. The summed E-state index contributed by atoms with van der Waals surface area (Å²) in [6, 6.07) is 3.16. The van der Waals surface area contributed by atoms with Gasteiger partial charge in [-0.2, -0.15) is 0 Å². The topological polar surface area (TPSA) is 100 Å². The van der Waals surface area contributed by atoms with E-state index in [0.29, 0.717) is 11.1 Å². The molecule has 1 aromatic carbocycles. The number of carboxylic acids is 2. The van der Waals surface area contributed by atoms with Crippen LogP contribution >= 0.6 is 0 Å². The number of benzene rings is 1. The van der Waals surface area contributed by atoms with Crippen LogP contribution in [0.3, 0.4) is 0 Å². The number of nitrogens with zero attached hydrogens (tertiary/aromatic N) is 2. The molecule has 0 saturated carbocycles. The van der Waals surface area contributed by atoms with Gasteiger partial charge in [-0.1, -0.05) is 19.9 Å². The van der Waals surface area contributed by atoms with Gasteiger partial charge >= 0.3 is 11.9 Å². The van der Waals surface area contributed by atoms with Crippen molar-refractivity contribution in [1.82, 2.24) is 9.97 Å². The molecule has 1 unspecified atom stereocenters. The molecule has 0 fully saturated rings. The number of hydrogen-bond acceptors (Lipinski definition) is 4. The smallest absolute Gasteiger partial charge is 0.336 e. The molecule has 0 aliphatic heterocycles. The van der Waals surface area contributed by atoms with Gasteiger partial charge in [0.2, 0.25) is 0 Å². The average Bonchev–Trinajstić information content (AvgIpc) is 2.54. The minimum absolute atomic E-state index is 0.0255. The van der Waals surface area contributed by atoms with E-state index in [1.54, 1.807) is 13.0 Å². The second kappa shape index (κ2) is 5.95. The Labute approximate surface area is 145 Å². The van der Waals surface area contributed by atoms with Gasteiger partial charge in [-0.05, 0) is 48.4 Å². The van der Waals surface area contributed by atoms with Crippen molar-refractivity contribution in [2.24, 2.45) is 0 Å². The first-order valence-electron chi connectivity index (χ1n) is 8.14. The fourth-order valence-corrected chi connectivity index (χ4v) is 4.03. The highest BCUT2D eigenvalue weighted by molar-refractivity contribution is 5.97. The van der Waals surface area contributed by atoms with E-state index in [9.17, 15) is 19.8 Å². The molecule has 1 aliphatic rings. The van der Waals surface area contributed by atoms with Crippen molar-refractivity contribution in [3.05, 3.63) is 58.2 Å². The van der Waals surface area contributed by atoms with Crippen LogP contribution in [0.1, 0.15) is 69.3 Å². The third-order valence-electron chi connectivity index (χ3n) is 5.29. The van der Waals surface area contributed by atoms with Crippen LogP contribution < -0.4 is 0 Å². The summed E-state index contributed by atoms with van der Waals surface area (Å²) in [5, 5.41) is 19.0. The molecule has 3 rings (SSSR count). The Morgan fingerprint density at radius 3 is 2.56 bits per heavy atom. The molecular formula is C19H20N2O4. The lowest BCUT2D eigenvalue weighted by molar-refractivity contribution is 0.0693. The molecule has 0 saturated heterocycles. The van der Waals surface area contributed by atoms with E-state index in [0.717, 1.165) is 24.1 Å². The predicted octanol–water partition coefficient (Wildman–Crippen LogP) is 3.19. The average molecular weight is 340 g/mol. The molecule has 2 aromatic rings. The summed E-state index contributed by atoms with van der Waals surface area (Å²) in [4.78, 5) is 31.8. The van der Waals surface area contributed by atoms with Crippen LogP contribution in [-0.4, -0.2) is 32.1 Å². The highest BCUT2D eigenvalue weighted by Crippen LogP contribution is 2.47. The highest BCUT2D eigenvalue weighted by Gasteiger charge is 2.40. The summed E-state index contributed by atoms with van der Waals surface area (Å²) in [7, 11) is 0. The Morgan fingerprint density at radius 1 is 1.20 bits per heavy atom. The number of aromatic carboxylic acids is 2. The first-order chi connectivity index (χ1) is 11.7. The molecule has 1 aliphatic carbocycles. The van der Waals surface area contributed by atoms with Gasteiger partial charge in [-0.3, -0.25) is 0 Å². The SMILES string of the molecule is Cc1c(C(=O)O)ccc(C2CCc3cncnc3C2(C)C)c1C(=O)O. The molecule has 1 heterocycles. The lowest BCUT2D eigenvalue weighted by Gasteiger charge is -2.40. The van der Waals surface area contributed by atoms with E-state index in [1.165, 1.54) is 12.4 Å². The van der Waals surface area contributed by atoms with Crippen LogP contribution in [0.2, 0.25) is 0 Å². The van der Waals surface area contributed by atoms with E-state index in [4.69, 9.17) is 0 Å². The van der Waals surface area contributed by atoms with Gasteiger partial charge < -0.3 is 10.2 Å². The van der Waals surface area contributed by atoms with Gasteiger partial charge in [-0.15, -0.1) is 0 Å². The molecule has 25 heavy (non-hydrogen) atoms. The normalized spacial score (nSPS) is 18.4. The zero-order valence-corrected chi connectivity index (χ0v) is 14.4. The summed E-state index contributed by atoms with van der Waals surface area (Å²) < 4.78 is 0. The maximum Gasteiger partial charge on any atom is 0.336 e. The predicted molar refractivity (Wildman–Crippen MR) is 91.2 cm³/mol. The van der Waals surface area contributed by atoms with Gasteiger partial charge in [0.15, 0.2) is 0 Å². The summed E-state index contributed by atoms with van der Waals surface area (Å²) in [6.45, 7) is 5.66. The van der Waals surface area contributed by atoms with E-state index < -0.39 is 11.9 Å². The number of aromatic nitrogens is 2. The number of fused-ring (bicyclic) bond motifs is 1. The van der Waals surface area contributed by atoms with Gasteiger partial charge in [-0.25, -0.2) is 19.6 Å². The van der Waals surface area contributed by atoms with Crippen LogP contribution in [-0.2, 0) is 11.8 Å². The lowest BCUT2D eigenvalue weighted by Crippen LogP contribution is -2.35. The highest BCUT2D eigenvalue weighted by atomic mass is 16.4. The van der Waals surface area contributed by atoms with Crippen LogP contribution in [0.4, 0.5) is 0 Å². The van der Waals surface area contributed by atoms with E-state index in [2.05, 4.69) is 23.8 Å². The van der Waals surface area contributed by atoms with Crippen LogP contribution in [0.15, 0.2) is 24.7 Å². The summed E-state index contributed by atoms with van der Waals surface area (Å²) in [5.41, 5.74) is 2.71. The first-order valence-corrected chi connectivity index (χ1v) is 8.14. The van der Waals surface area contributed by atoms with Crippen molar-refractivity contribution in [2.75, 3.05) is 0 Å². The molecule has 6 heteroatoms. The van der Waals surface area contributed by atoms with Gasteiger partial charge in [0.05, 0.1) is 16.8 Å². The standard InChI is InChI=1S/C19H20N2O4/c1-10-12(17(22)23)5-6-13(15(10)18(24)25)14-7-4-11-8-20-9-21-16(11)19(14,2)3/h5-6,8-9,14H,4,7H2,1-3H3,(H,22,23)(H,24,25). The molecule has 1 aromatic heterocycles. The molecule has 2 N–H and O–H groups in total. The van der Waals surface area contributed by atoms with Crippen LogP contribution in [0, 0.1) is 6.92 Å². The fraction of sp³-hybridized carbons (Fsp3) is 0.368. The monoisotopic (exact) mass is 340 g/mol. The van der Waals surface area contributed by atoms with E-state index >= 15 is 0 Å². The fourth-order valence-electron chi connectivity index (χ4n) is 4.03. The van der Waals surface area contributed by atoms with Crippen molar-refractivity contribution in [3.63, 3.8) is 0 Å². The zero-order valence-electron chi connectivity index (χ0n) is 14.4. The molecule has 0 spiro atoms. The number of hydrogen-bond donors (Lipinski definition) is 2. The Bertz CT molecular complexity index is 874. The van der Waals surface area contributed by atoms with Crippen molar-refractivity contribution >= 4 is 11.9 Å². The van der Waals surface area contributed by atoms with Crippen molar-refractivity contribution < 1.29 is 19.8 Å². The minimum Gasteiger partial charge on any atom is -0.478 e. The maximum absolute atomic E-state index is 11.9. The lowest BCUT2D eigenvalue weighted by atomic mass is 9.64. The van der Waals surface area contributed by atoms with Gasteiger partial charge in [0.25, 0.3) is 0 Å². The summed E-state index contributed by atoms with van der Waals surface area (Å²) >= 11 is 0. The molecular weight excluding hydrogens is 320 g/mol. The second-order valence-electron chi connectivity index (χ2n) is 7.02. The maximum atomic E-state index is 11.9. The van der Waals surface area contributed by atoms with Crippen molar-refractivity contribution in [1.29, 1.82) is 0 Å². The third-order valence-corrected chi connectivity index (χ3v) is 5.29. The Kier molecular flexibility index (Phi) is 4.06. The van der Waals surface area contributed by atoms with Crippen molar-refractivity contribution in [2.45, 2.75) is 44.9 Å². The van der Waals surface area contributed by atoms with Crippen LogP contribution in [0.25, 0.3) is 0 Å². The first kappa shape index (κ1) is 17.1. The Hall–Kier alpha value is -2.76.